The molecule has 0 N–H and O–H groups in total. The molecule has 0 unspecified atom stereocenters. The third-order valence-corrected chi connectivity index (χ3v) is 10.1. The fourth-order valence-electron chi connectivity index (χ4n) is 7.68. The summed E-state index contributed by atoms with van der Waals surface area (Å²) in [5, 5.41) is -2.03. The molecule has 3 aromatic heterocycles. The van der Waals surface area contributed by atoms with Crippen molar-refractivity contribution < 1.29 is 30.2 Å². The van der Waals surface area contributed by atoms with E-state index in [4.69, 9.17) is 12.3 Å². The Kier molecular flexibility index (Phi) is 3.72. The summed E-state index contributed by atoms with van der Waals surface area (Å²) in [4.78, 5) is 0. The van der Waals surface area contributed by atoms with Gasteiger partial charge in [-0.25, -0.2) is 0 Å². The molecular formula is C54H35N3. The Labute approximate surface area is 360 Å². The monoisotopic (exact) mass is 747 g/mol. The zero-order chi connectivity index (χ0) is 56.6. The van der Waals surface area contributed by atoms with Crippen molar-refractivity contribution in [2.24, 2.45) is 0 Å². The van der Waals surface area contributed by atoms with Gasteiger partial charge in [-0.3, -0.25) is 0 Å². The molecule has 3 heteroatoms. The topological polar surface area (TPSA) is 14.8 Å². The molecule has 9 aromatic carbocycles. The summed E-state index contributed by atoms with van der Waals surface area (Å²) >= 11 is 0. The van der Waals surface area contributed by atoms with Crippen LogP contribution in [0.2, 0.25) is 0 Å². The van der Waals surface area contributed by atoms with Crippen molar-refractivity contribution in [1.29, 1.82) is 0 Å². The lowest BCUT2D eigenvalue weighted by Gasteiger charge is -2.14. The van der Waals surface area contributed by atoms with Crippen LogP contribution in [0, 0.1) is 0 Å². The van der Waals surface area contributed by atoms with Crippen molar-refractivity contribution in [3.8, 4) is 39.3 Å². The third-order valence-electron chi connectivity index (χ3n) is 10.1. The SMILES string of the molecule is [2H]c1ccc(-n2c3c([2H])c([2H])c([2H])c([2H])c3c3c([2H])c(-n4c5c([2H])c([2H])c([2H])c([2H])c5c5c([2H])c(-c6c([2H])c([2H])c7c(c6[2H])c6c([2H])c([2H])c([2H])c([2H])c6n7-c6ccccc6-c6ccccc6)c([2H])c([2H])c54)c([2H])c([2H])c32)cc1. The Morgan fingerprint density at radius 1 is 0.298 bits per heavy atom. The number of fused-ring (bicyclic) bond motifs is 9. The summed E-state index contributed by atoms with van der Waals surface area (Å²) in [5.41, 5.74) is -1.97. The van der Waals surface area contributed by atoms with Crippen molar-refractivity contribution in [3.63, 3.8) is 0 Å². The van der Waals surface area contributed by atoms with Crippen LogP contribution in [0.25, 0.3) is 105 Å². The van der Waals surface area contributed by atoms with Crippen LogP contribution in [0.1, 0.15) is 30.2 Å². The van der Waals surface area contributed by atoms with E-state index in [0.29, 0.717) is 16.8 Å². The predicted octanol–water partition coefficient (Wildman–Crippen LogP) is 14.3. The first-order chi connectivity index (χ1) is 37.5. The molecule has 0 saturated carbocycles. The average Bonchev–Trinajstić information content (AvgIpc) is 2.67. The van der Waals surface area contributed by atoms with Crippen LogP contribution in [0.5, 0.6) is 0 Å². The summed E-state index contributed by atoms with van der Waals surface area (Å²) in [6.07, 6.45) is 0. The van der Waals surface area contributed by atoms with E-state index in [2.05, 4.69) is 0 Å². The fourth-order valence-corrected chi connectivity index (χ4v) is 7.68. The maximum atomic E-state index is 10.0. The van der Waals surface area contributed by atoms with Crippen molar-refractivity contribution in [2.75, 3.05) is 0 Å². The van der Waals surface area contributed by atoms with Gasteiger partial charge in [0.2, 0.25) is 0 Å². The van der Waals surface area contributed by atoms with Crippen LogP contribution in [-0.4, -0.2) is 13.7 Å². The van der Waals surface area contributed by atoms with Crippen LogP contribution < -0.4 is 0 Å². The number of nitrogens with zero attached hydrogens (tertiary/aromatic N) is 3. The zero-order valence-corrected chi connectivity index (χ0v) is 29.3. The smallest absolute Gasteiger partial charge is 0.0652 e. The second-order valence-corrected chi connectivity index (χ2v) is 13.2. The first kappa shape index (κ1) is 17.0. The quantitative estimate of drug-likeness (QED) is 0.167. The fraction of sp³-hybridized carbons (Fsp3) is 0. The van der Waals surface area contributed by atoms with Gasteiger partial charge in [0.25, 0.3) is 0 Å². The molecule has 0 spiro atoms. The maximum absolute atomic E-state index is 10.0. The van der Waals surface area contributed by atoms with E-state index in [9.17, 15) is 17.8 Å². The molecule has 3 heterocycles. The Hall–Kier alpha value is -7.62. The van der Waals surface area contributed by atoms with Crippen molar-refractivity contribution in [1.82, 2.24) is 13.7 Å². The minimum absolute atomic E-state index is 0.0812. The largest absolute Gasteiger partial charge is 0.309 e. The van der Waals surface area contributed by atoms with Gasteiger partial charge in [-0.1, -0.05) is 133 Å². The number of benzene rings is 9. The van der Waals surface area contributed by atoms with Gasteiger partial charge in [-0.05, 0) is 95.3 Å². The summed E-state index contributed by atoms with van der Waals surface area (Å²) in [6, 6.07) is 6.53. The minimum Gasteiger partial charge on any atom is -0.309 e. The summed E-state index contributed by atoms with van der Waals surface area (Å²) in [6.45, 7) is 0. The molecule has 0 aliphatic heterocycles. The molecule has 0 fully saturated rings. The molecule has 0 radical (unpaired) electrons. The predicted molar refractivity (Wildman–Crippen MR) is 240 cm³/mol. The number of rotatable bonds is 5. The van der Waals surface area contributed by atoms with Crippen LogP contribution in [-0.2, 0) is 0 Å². The standard InChI is InChI=1S/C54H35N3/c1-3-15-36(16-4-1)41-19-7-11-23-48(41)57-51-26-14-10-21-43(51)46-34-38(28-31-54(46)57)37-27-30-52-45(33-37)42-20-8-13-25-50(42)56(52)40-29-32-53-47(35-40)44-22-9-12-24-49(44)55(53)39-17-5-2-6-18-39/h1-35H/i2D,8D,9D,10D,12D,13D,14D,20D,21D,22D,24D,25D,26D,27D,28D,29D,30D,31D,32D,33D,34D,35D. The Bertz CT molecular complexity index is 4790. The van der Waals surface area contributed by atoms with Crippen molar-refractivity contribution in [2.45, 2.75) is 0 Å². The second-order valence-electron chi connectivity index (χ2n) is 13.2. The lowest BCUT2D eigenvalue weighted by Crippen LogP contribution is -1.97. The molecule has 3 nitrogen and oxygen atoms in total. The van der Waals surface area contributed by atoms with Gasteiger partial charge in [-0.15, -0.1) is 0 Å². The zero-order valence-electron chi connectivity index (χ0n) is 51.3. The molecule has 12 aromatic rings. The van der Waals surface area contributed by atoms with Gasteiger partial charge in [0, 0.05) is 49.3 Å². The minimum atomic E-state index is -0.897. The molecular weight excluding hydrogens is 691 g/mol. The Morgan fingerprint density at radius 3 is 1.40 bits per heavy atom. The molecule has 0 amide bonds. The molecule has 0 saturated heterocycles. The Balaban J connectivity index is 1.25. The number of aromatic nitrogens is 3. The molecule has 266 valence electrons. The van der Waals surface area contributed by atoms with Crippen LogP contribution in [0.3, 0.4) is 0 Å². The van der Waals surface area contributed by atoms with E-state index >= 15 is 0 Å². The lowest BCUT2D eigenvalue weighted by atomic mass is 10.0. The van der Waals surface area contributed by atoms with E-state index in [1.165, 1.54) is 33.4 Å². The molecule has 12 rings (SSSR count). The highest BCUT2D eigenvalue weighted by Gasteiger charge is 2.19. The summed E-state index contributed by atoms with van der Waals surface area (Å²) < 4.78 is 208. The van der Waals surface area contributed by atoms with Gasteiger partial charge in [0.1, 0.15) is 0 Å². The lowest BCUT2D eigenvalue weighted by molar-refractivity contribution is 1.17. The highest BCUT2D eigenvalue weighted by molar-refractivity contribution is 6.14. The molecule has 0 bridgehead atoms. The van der Waals surface area contributed by atoms with Crippen molar-refractivity contribution >= 4 is 65.4 Å². The van der Waals surface area contributed by atoms with Gasteiger partial charge in [-0.2, -0.15) is 0 Å². The molecule has 0 aliphatic rings. The highest BCUT2D eigenvalue weighted by Crippen LogP contribution is 2.41. The summed E-state index contributed by atoms with van der Waals surface area (Å²) in [5.74, 6) is 0. The molecule has 0 aliphatic carbocycles. The second kappa shape index (κ2) is 12.5. The average molecular weight is 748 g/mol. The molecule has 0 atom stereocenters. The maximum Gasteiger partial charge on any atom is 0.0652 e. The van der Waals surface area contributed by atoms with E-state index < -0.39 is 166 Å². The first-order valence-electron chi connectivity index (χ1n) is 28.8. The van der Waals surface area contributed by atoms with E-state index in [-0.39, 0.29) is 55.3 Å². The van der Waals surface area contributed by atoms with E-state index in [1.807, 2.05) is 12.1 Å². The number of para-hydroxylation sites is 5. The Morgan fingerprint density at radius 2 is 0.772 bits per heavy atom. The van der Waals surface area contributed by atoms with E-state index in [1.54, 1.807) is 42.5 Å². The van der Waals surface area contributed by atoms with Crippen LogP contribution in [0.4, 0.5) is 0 Å². The van der Waals surface area contributed by atoms with E-state index in [0.717, 1.165) is 4.57 Å². The normalized spacial score (nSPS) is 17.3. The molecule has 57 heavy (non-hydrogen) atoms. The van der Waals surface area contributed by atoms with Crippen LogP contribution >= 0.6 is 0 Å². The van der Waals surface area contributed by atoms with Crippen molar-refractivity contribution in [3.05, 3.63) is 212 Å². The number of hydrogen-bond donors (Lipinski definition) is 0. The van der Waals surface area contributed by atoms with Gasteiger partial charge >= 0.3 is 0 Å². The first-order valence-corrected chi connectivity index (χ1v) is 17.8. The van der Waals surface area contributed by atoms with Gasteiger partial charge in [0.05, 0.1) is 68.9 Å². The number of hydrogen-bond acceptors (Lipinski definition) is 0. The third kappa shape index (κ3) is 4.79. The van der Waals surface area contributed by atoms with Crippen LogP contribution in [0.15, 0.2) is 212 Å². The highest BCUT2D eigenvalue weighted by atomic mass is 15.0. The summed E-state index contributed by atoms with van der Waals surface area (Å²) in [7, 11) is 0. The van der Waals surface area contributed by atoms with Gasteiger partial charge < -0.3 is 13.7 Å². The van der Waals surface area contributed by atoms with Gasteiger partial charge in [0.15, 0.2) is 0 Å².